The minimum absolute atomic E-state index is 0.0920. The Morgan fingerprint density at radius 2 is 1.88 bits per heavy atom. The van der Waals surface area contributed by atoms with E-state index in [1.807, 2.05) is 24.3 Å². The van der Waals surface area contributed by atoms with Crippen LogP contribution >= 0.6 is 11.6 Å². The summed E-state index contributed by atoms with van der Waals surface area (Å²) in [6, 6.07) is 8.22. The van der Waals surface area contributed by atoms with Gasteiger partial charge < -0.3 is 10.4 Å². The highest BCUT2D eigenvalue weighted by Crippen LogP contribution is 2.33. The minimum atomic E-state index is -0.764. The maximum Gasteiger partial charge on any atom is 0.317 e. The standard InChI is InChI=1S/C20H27ClN2O3/c21-16-8-6-14(7-9-16)2-1-3-19(24)22-17-10-18(11-17)23(13-20(25)26)12-15-4-5-15/h6-9,15,17-18H,1-5,10-13H2,(H,22,24)(H,25,26). The topological polar surface area (TPSA) is 69.6 Å². The molecule has 0 aromatic heterocycles. The van der Waals surface area contributed by atoms with E-state index in [1.165, 1.54) is 18.4 Å². The maximum atomic E-state index is 12.1. The Labute approximate surface area is 159 Å². The number of carboxylic acid groups (broad SMARTS) is 1. The third kappa shape index (κ3) is 5.99. The van der Waals surface area contributed by atoms with E-state index in [1.54, 1.807) is 0 Å². The number of hydrogen-bond acceptors (Lipinski definition) is 3. The molecule has 2 saturated carbocycles. The largest absolute Gasteiger partial charge is 0.480 e. The molecular weight excluding hydrogens is 352 g/mol. The predicted molar refractivity (Wildman–Crippen MR) is 101 cm³/mol. The van der Waals surface area contributed by atoms with Crippen LogP contribution in [0, 0.1) is 5.92 Å². The highest BCUT2D eigenvalue weighted by Gasteiger charge is 2.37. The van der Waals surface area contributed by atoms with Gasteiger partial charge in [-0.3, -0.25) is 14.5 Å². The molecule has 0 radical (unpaired) electrons. The van der Waals surface area contributed by atoms with Gasteiger partial charge in [0.1, 0.15) is 0 Å². The first kappa shape index (κ1) is 19.2. The van der Waals surface area contributed by atoms with Gasteiger partial charge in [0.2, 0.25) is 5.91 Å². The van der Waals surface area contributed by atoms with Crippen molar-refractivity contribution < 1.29 is 14.7 Å². The molecule has 0 bridgehead atoms. The van der Waals surface area contributed by atoms with Crippen molar-refractivity contribution in [2.45, 2.75) is 57.0 Å². The SMILES string of the molecule is O=C(O)CN(CC1CC1)C1CC(NC(=O)CCCc2ccc(Cl)cc2)C1. The zero-order valence-electron chi connectivity index (χ0n) is 15.0. The van der Waals surface area contributed by atoms with Crippen LogP contribution in [-0.4, -0.2) is 47.1 Å². The number of nitrogens with one attached hydrogen (secondary N) is 1. The molecule has 142 valence electrons. The first-order chi connectivity index (χ1) is 12.5. The summed E-state index contributed by atoms with van der Waals surface area (Å²) in [5.74, 6) is 0.00517. The zero-order chi connectivity index (χ0) is 18.5. The van der Waals surface area contributed by atoms with Crippen LogP contribution in [0.5, 0.6) is 0 Å². The summed E-state index contributed by atoms with van der Waals surface area (Å²) in [6.07, 6.45) is 6.37. The summed E-state index contributed by atoms with van der Waals surface area (Å²) in [5, 5.41) is 12.9. The number of amides is 1. The van der Waals surface area contributed by atoms with Crippen molar-refractivity contribution in [3.8, 4) is 0 Å². The van der Waals surface area contributed by atoms with E-state index in [9.17, 15) is 9.59 Å². The number of rotatable bonds is 10. The first-order valence-electron chi connectivity index (χ1n) is 9.49. The quantitative estimate of drug-likeness (QED) is 0.656. The highest BCUT2D eigenvalue weighted by molar-refractivity contribution is 6.30. The summed E-state index contributed by atoms with van der Waals surface area (Å²) < 4.78 is 0. The van der Waals surface area contributed by atoms with E-state index in [4.69, 9.17) is 16.7 Å². The van der Waals surface area contributed by atoms with Crippen LogP contribution in [0.3, 0.4) is 0 Å². The molecule has 6 heteroatoms. The monoisotopic (exact) mass is 378 g/mol. The van der Waals surface area contributed by atoms with Crippen molar-refractivity contribution in [1.29, 1.82) is 0 Å². The van der Waals surface area contributed by atoms with E-state index in [0.717, 1.165) is 37.3 Å². The van der Waals surface area contributed by atoms with Crippen LogP contribution in [0.15, 0.2) is 24.3 Å². The molecule has 0 atom stereocenters. The summed E-state index contributed by atoms with van der Waals surface area (Å²) >= 11 is 5.87. The molecule has 2 fully saturated rings. The smallest absolute Gasteiger partial charge is 0.317 e. The number of halogens is 1. The molecule has 0 unspecified atom stereocenters. The molecule has 26 heavy (non-hydrogen) atoms. The van der Waals surface area contributed by atoms with Crippen molar-refractivity contribution in [3.63, 3.8) is 0 Å². The summed E-state index contributed by atoms with van der Waals surface area (Å²) in [4.78, 5) is 25.2. The van der Waals surface area contributed by atoms with E-state index in [2.05, 4.69) is 10.2 Å². The Morgan fingerprint density at radius 3 is 2.50 bits per heavy atom. The second-order valence-corrected chi connectivity index (χ2v) is 8.07. The molecule has 1 amide bonds. The Balaban J connectivity index is 1.33. The van der Waals surface area contributed by atoms with Crippen LogP contribution in [0.1, 0.15) is 44.1 Å². The number of aryl methyl sites for hydroxylation is 1. The second kappa shape index (κ2) is 8.87. The molecule has 2 N–H and O–H groups in total. The molecule has 3 rings (SSSR count). The van der Waals surface area contributed by atoms with Crippen molar-refractivity contribution in [1.82, 2.24) is 10.2 Å². The lowest BCUT2D eigenvalue weighted by molar-refractivity contribution is -0.140. The van der Waals surface area contributed by atoms with Crippen molar-refractivity contribution in [3.05, 3.63) is 34.9 Å². The number of carbonyl (C=O) groups excluding carboxylic acids is 1. The van der Waals surface area contributed by atoms with Crippen molar-refractivity contribution >= 4 is 23.5 Å². The Morgan fingerprint density at radius 1 is 1.19 bits per heavy atom. The Kier molecular flexibility index (Phi) is 6.54. The van der Waals surface area contributed by atoms with Gasteiger partial charge in [-0.15, -0.1) is 0 Å². The van der Waals surface area contributed by atoms with Crippen LogP contribution in [0.2, 0.25) is 5.02 Å². The molecule has 0 spiro atoms. The van der Waals surface area contributed by atoms with Gasteiger partial charge in [-0.1, -0.05) is 23.7 Å². The molecular formula is C20H27ClN2O3. The van der Waals surface area contributed by atoms with Crippen LogP contribution in [0.4, 0.5) is 0 Å². The summed E-state index contributed by atoms with van der Waals surface area (Å²) in [7, 11) is 0. The van der Waals surface area contributed by atoms with Gasteiger partial charge in [-0.05, 0) is 62.1 Å². The zero-order valence-corrected chi connectivity index (χ0v) is 15.8. The lowest BCUT2D eigenvalue weighted by Crippen LogP contribution is -2.55. The van der Waals surface area contributed by atoms with Gasteiger partial charge in [-0.2, -0.15) is 0 Å². The molecule has 2 aliphatic carbocycles. The molecule has 5 nitrogen and oxygen atoms in total. The number of aliphatic carboxylic acids is 1. The van der Waals surface area contributed by atoms with Gasteiger partial charge in [0.15, 0.2) is 0 Å². The van der Waals surface area contributed by atoms with E-state index < -0.39 is 5.97 Å². The minimum Gasteiger partial charge on any atom is -0.480 e. The van der Waals surface area contributed by atoms with Crippen LogP contribution in [0.25, 0.3) is 0 Å². The van der Waals surface area contributed by atoms with Gasteiger partial charge in [0.05, 0.1) is 6.54 Å². The normalized spacial score (nSPS) is 22.1. The van der Waals surface area contributed by atoms with Gasteiger partial charge in [0.25, 0.3) is 0 Å². The lowest BCUT2D eigenvalue weighted by Gasteiger charge is -2.42. The molecule has 0 saturated heterocycles. The lowest BCUT2D eigenvalue weighted by atomic mass is 9.85. The number of nitrogens with zero attached hydrogens (tertiary/aromatic N) is 1. The molecule has 2 aliphatic rings. The number of carbonyl (C=O) groups is 2. The van der Waals surface area contributed by atoms with Gasteiger partial charge in [0, 0.05) is 30.1 Å². The Hall–Kier alpha value is -1.59. The second-order valence-electron chi connectivity index (χ2n) is 7.64. The van der Waals surface area contributed by atoms with Crippen molar-refractivity contribution in [2.75, 3.05) is 13.1 Å². The van der Waals surface area contributed by atoms with Crippen LogP contribution < -0.4 is 5.32 Å². The average Bonchev–Trinajstić information content (AvgIpc) is 3.35. The summed E-state index contributed by atoms with van der Waals surface area (Å²) in [5.41, 5.74) is 1.19. The maximum absolute atomic E-state index is 12.1. The van der Waals surface area contributed by atoms with E-state index >= 15 is 0 Å². The molecule has 1 aromatic carbocycles. The Bertz CT molecular complexity index is 624. The highest BCUT2D eigenvalue weighted by atomic mass is 35.5. The van der Waals surface area contributed by atoms with Gasteiger partial charge >= 0.3 is 5.97 Å². The first-order valence-corrected chi connectivity index (χ1v) is 9.87. The third-order valence-electron chi connectivity index (χ3n) is 5.31. The van der Waals surface area contributed by atoms with Crippen molar-refractivity contribution in [2.24, 2.45) is 5.92 Å². The van der Waals surface area contributed by atoms with Crippen LogP contribution in [-0.2, 0) is 16.0 Å². The fourth-order valence-corrected chi connectivity index (χ4v) is 3.68. The van der Waals surface area contributed by atoms with E-state index in [0.29, 0.717) is 18.4 Å². The fourth-order valence-electron chi connectivity index (χ4n) is 3.56. The summed E-state index contributed by atoms with van der Waals surface area (Å²) in [6.45, 7) is 1.00. The van der Waals surface area contributed by atoms with Gasteiger partial charge in [-0.25, -0.2) is 0 Å². The number of hydrogen-bond donors (Lipinski definition) is 2. The van der Waals surface area contributed by atoms with E-state index in [-0.39, 0.29) is 18.5 Å². The number of benzene rings is 1. The molecule has 0 aliphatic heterocycles. The average molecular weight is 379 g/mol. The number of carboxylic acids is 1. The fraction of sp³-hybridized carbons (Fsp3) is 0.600. The molecule has 1 aromatic rings. The third-order valence-corrected chi connectivity index (χ3v) is 5.56. The predicted octanol–water partition coefficient (Wildman–Crippen LogP) is 3.11. The molecule has 0 heterocycles.